The van der Waals surface area contributed by atoms with Crippen molar-refractivity contribution in [2.45, 2.75) is 43.0 Å². The molecular weight excluding hydrogens is 234 g/mol. The molecule has 1 saturated heterocycles. The molecule has 6 atom stereocenters. The summed E-state index contributed by atoms with van der Waals surface area (Å²) in [6.45, 7) is 0.373. The van der Waals surface area contributed by atoms with Crippen LogP contribution in [-0.2, 0) is 9.53 Å². The first kappa shape index (κ1) is 14.3. The Morgan fingerprint density at radius 1 is 1.29 bits per heavy atom. The third-order valence-electron chi connectivity index (χ3n) is 2.95. The molecule has 0 bridgehead atoms. The number of hydrogen-bond acceptors (Lipinski definition) is 7. The molecule has 0 radical (unpaired) electrons. The smallest absolute Gasteiger partial charge is 0.251 e. The first-order valence-corrected chi connectivity index (χ1v) is 5.06. The number of rotatable bonds is 3. The summed E-state index contributed by atoms with van der Waals surface area (Å²) < 4.78 is 5.00. The van der Waals surface area contributed by atoms with Crippen LogP contribution >= 0.6 is 0 Å². The number of nitrogens with two attached hydrogens (primary N) is 1. The van der Waals surface area contributed by atoms with Gasteiger partial charge in [0.1, 0.15) is 30.5 Å². The molecule has 0 aromatic rings. The van der Waals surface area contributed by atoms with Crippen molar-refractivity contribution >= 4 is 5.91 Å². The molecule has 1 aliphatic rings. The predicted molar refractivity (Wildman–Crippen MR) is 53.6 cm³/mol. The second-order valence-electron chi connectivity index (χ2n) is 4.26. The van der Waals surface area contributed by atoms with E-state index in [1.165, 1.54) is 0 Å². The van der Waals surface area contributed by atoms with Gasteiger partial charge in [0.2, 0.25) is 0 Å². The van der Waals surface area contributed by atoms with Crippen molar-refractivity contribution < 1.29 is 35.1 Å². The van der Waals surface area contributed by atoms with Gasteiger partial charge in [0, 0.05) is 0 Å². The van der Waals surface area contributed by atoms with Gasteiger partial charge in [0.25, 0.3) is 5.91 Å². The lowest BCUT2D eigenvalue weighted by Gasteiger charge is -2.44. The highest BCUT2D eigenvalue weighted by molar-refractivity contribution is 5.83. The Morgan fingerprint density at radius 3 is 2.24 bits per heavy atom. The number of carbonyl (C=O) groups excluding carboxylic acids is 1. The van der Waals surface area contributed by atoms with E-state index in [1.807, 2.05) is 0 Å². The highest BCUT2D eigenvalue weighted by atomic mass is 16.6. The van der Waals surface area contributed by atoms with E-state index in [4.69, 9.17) is 15.6 Å². The quantitative estimate of drug-likeness (QED) is 0.299. The number of aliphatic hydroxyl groups is 5. The number of ether oxygens (including phenoxy) is 1. The summed E-state index contributed by atoms with van der Waals surface area (Å²) in [4.78, 5) is 11.0. The van der Waals surface area contributed by atoms with Crippen molar-refractivity contribution in [2.75, 3.05) is 6.61 Å². The van der Waals surface area contributed by atoms with E-state index in [0.717, 1.165) is 6.92 Å². The van der Waals surface area contributed by atoms with Crippen LogP contribution in [0.15, 0.2) is 0 Å². The van der Waals surface area contributed by atoms with E-state index in [1.54, 1.807) is 0 Å². The molecule has 0 aromatic carbocycles. The highest BCUT2D eigenvalue weighted by Crippen LogP contribution is 2.28. The fourth-order valence-corrected chi connectivity index (χ4v) is 1.71. The number of primary amides is 1. The third-order valence-corrected chi connectivity index (χ3v) is 2.95. The summed E-state index contributed by atoms with van der Waals surface area (Å²) in [5.74, 6) is -1.15. The summed E-state index contributed by atoms with van der Waals surface area (Å²) in [6.07, 6.45) is -7.62. The lowest BCUT2D eigenvalue weighted by molar-refractivity contribution is -0.262. The topological polar surface area (TPSA) is 153 Å². The van der Waals surface area contributed by atoms with Gasteiger partial charge in [-0.05, 0) is 6.92 Å². The lowest BCUT2D eigenvalue weighted by Crippen LogP contribution is -2.67. The SMILES string of the molecule is CC(O)(C(N)=O)C1O[C@H](CO)[C@@H](O)[C@H](O)[C@@H]1O. The normalized spacial score (nSPS) is 41.9. The Kier molecular flexibility index (Phi) is 4.07. The average molecular weight is 251 g/mol. The average Bonchev–Trinajstić information content (AvgIpc) is 2.26. The molecule has 17 heavy (non-hydrogen) atoms. The number of amides is 1. The molecule has 0 aromatic heterocycles. The standard InChI is InChI=1S/C9H17NO7/c1-9(16,8(10)15)7-6(14)5(13)4(12)3(2-11)17-7/h3-7,11-14,16H,2H2,1H3,(H2,10,15)/t3-,4-,5+,6+,7?,9?/m1/s1. The van der Waals surface area contributed by atoms with Crippen molar-refractivity contribution in [3.8, 4) is 0 Å². The Balaban J connectivity index is 2.97. The second-order valence-corrected chi connectivity index (χ2v) is 4.26. The molecule has 2 unspecified atom stereocenters. The van der Waals surface area contributed by atoms with Gasteiger partial charge in [0.15, 0.2) is 5.60 Å². The molecule has 0 spiro atoms. The Hall–Kier alpha value is -0.770. The first-order valence-electron chi connectivity index (χ1n) is 5.06. The molecule has 1 fully saturated rings. The molecule has 1 amide bonds. The zero-order valence-corrected chi connectivity index (χ0v) is 9.22. The van der Waals surface area contributed by atoms with Crippen LogP contribution < -0.4 is 5.73 Å². The van der Waals surface area contributed by atoms with E-state index in [2.05, 4.69) is 0 Å². The molecule has 7 N–H and O–H groups in total. The number of aliphatic hydroxyl groups excluding tert-OH is 4. The maximum absolute atomic E-state index is 11.0. The van der Waals surface area contributed by atoms with Crippen molar-refractivity contribution in [3.05, 3.63) is 0 Å². The molecule has 0 aliphatic carbocycles. The summed E-state index contributed by atoms with van der Waals surface area (Å²) in [5.41, 5.74) is 2.72. The van der Waals surface area contributed by atoms with Gasteiger partial charge in [-0.1, -0.05) is 0 Å². The van der Waals surface area contributed by atoms with Crippen LogP contribution in [0.5, 0.6) is 0 Å². The van der Waals surface area contributed by atoms with Gasteiger partial charge in [-0.3, -0.25) is 4.79 Å². The molecule has 1 aliphatic heterocycles. The minimum atomic E-state index is -2.23. The van der Waals surface area contributed by atoms with Gasteiger partial charge in [-0.2, -0.15) is 0 Å². The van der Waals surface area contributed by atoms with Gasteiger partial charge in [-0.25, -0.2) is 0 Å². The monoisotopic (exact) mass is 251 g/mol. The molecule has 1 heterocycles. The Morgan fingerprint density at radius 2 is 1.82 bits per heavy atom. The highest BCUT2D eigenvalue weighted by Gasteiger charge is 2.52. The largest absolute Gasteiger partial charge is 0.394 e. The van der Waals surface area contributed by atoms with Gasteiger partial charge in [-0.15, -0.1) is 0 Å². The van der Waals surface area contributed by atoms with Gasteiger partial charge in [0.05, 0.1) is 6.61 Å². The minimum absolute atomic E-state index is 0.643. The Bertz CT molecular complexity index is 293. The van der Waals surface area contributed by atoms with E-state index >= 15 is 0 Å². The van der Waals surface area contributed by atoms with E-state index in [0.29, 0.717) is 0 Å². The van der Waals surface area contributed by atoms with Crippen LogP contribution in [0.1, 0.15) is 6.92 Å². The molecule has 8 nitrogen and oxygen atoms in total. The Labute approximate surface area is 97.2 Å². The molecule has 0 saturated carbocycles. The van der Waals surface area contributed by atoms with Crippen LogP contribution in [0.4, 0.5) is 0 Å². The van der Waals surface area contributed by atoms with Crippen LogP contribution in [0.25, 0.3) is 0 Å². The van der Waals surface area contributed by atoms with Crippen molar-refractivity contribution in [1.82, 2.24) is 0 Å². The van der Waals surface area contributed by atoms with Crippen LogP contribution in [0, 0.1) is 0 Å². The third kappa shape index (κ3) is 2.41. The van der Waals surface area contributed by atoms with E-state index in [9.17, 15) is 25.2 Å². The maximum atomic E-state index is 11.0. The zero-order chi connectivity index (χ0) is 13.4. The fraction of sp³-hybridized carbons (Fsp3) is 0.889. The summed E-state index contributed by atoms with van der Waals surface area (Å²) >= 11 is 0. The minimum Gasteiger partial charge on any atom is -0.394 e. The summed E-state index contributed by atoms with van der Waals surface area (Å²) in [5, 5.41) is 47.2. The predicted octanol–water partition coefficient (Wildman–Crippen LogP) is -3.93. The van der Waals surface area contributed by atoms with E-state index in [-0.39, 0.29) is 0 Å². The van der Waals surface area contributed by atoms with Crippen LogP contribution in [-0.4, -0.2) is 74.2 Å². The summed E-state index contributed by atoms with van der Waals surface area (Å²) in [6, 6.07) is 0. The number of carbonyl (C=O) groups is 1. The van der Waals surface area contributed by atoms with E-state index < -0.39 is 48.6 Å². The van der Waals surface area contributed by atoms with Crippen LogP contribution in [0.3, 0.4) is 0 Å². The van der Waals surface area contributed by atoms with Crippen molar-refractivity contribution in [2.24, 2.45) is 5.73 Å². The molecular formula is C9H17NO7. The maximum Gasteiger partial charge on any atom is 0.251 e. The zero-order valence-electron chi connectivity index (χ0n) is 9.22. The second kappa shape index (κ2) is 4.84. The lowest BCUT2D eigenvalue weighted by atomic mass is 9.85. The molecule has 1 rings (SSSR count). The first-order chi connectivity index (χ1) is 7.73. The van der Waals surface area contributed by atoms with Crippen molar-refractivity contribution in [1.29, 1.82) is 0 Å². The van der Waals surface area contributed by atoms with Crippen molar-refractivity contribution in [3.63, 3.8) is 0 Å². The summed E-state index contributed by atoms with van der Waals surface area (Å²) in [7, 11) is 0. The van der Waals surface area contributed by atoms with Crippen LogP contribution in [0.2, 0.25) is 0 Å². The molecule has 100 valence electrons. The number of hydrogen-bond donors (Lipinski definition) is 6. The fourth-order valence-electron chi connectivity index (χ4n) is 1.71. The van der Waals surface area contributed by atoms with Gasteiger partial charge >= 0.3 is 0 Å². The van der Waals surface area contributed by atoms with Gasteiger partial charge < -0.3 is 36.0 Å². The molecule has 8 heteroatoms.